The first-order valence-electron chi connectivity index (χ1n) is 5.98. The molecule has 18 heavy (non-hydrogen) atoms. The van der Waals surface area contributed by atoms with Crippen LogP contribution in [0.2, 0.25) is 0 Å². The zero-order chi connectivity index (χ0) is 12.5. The van der Waals surface area contributed by atoms with Crippen LogP contribution in [0.1, 0.15) is 16.9 Å². The van der Waals surface area contributed by atoms with E-state index in [1.54, 1.807) is 18.4 Å². The summed E-state index contributed by atoms with van der Waals surface area (Å²) in [6.45, 7) is 2.63. The second-order valence-electron chi connectivity index (χ2n) is 4.55. The monoisotopic (exact) mass is 265 g/mol. The van der Waals surface area contributed by atoms with Crippen LogP contribution in [0.3, 0.4) is 0 Å². The number of anilines is 1. The molecule has 1 aliphatic heterocycles. The van der Waals surface area contributed by atoms with Crippen molar-refractivity contribution in [3.63, 3.8) is 0 Å². The number of fused-ring (bicyclic) bond motifs is 1. The van der Waals surface area contributed by atoms with E-state index < -0.39 is 0 Å². The summed E-state index contributed by atoms with van der Waals surface area (Å²) in [5.41, 5.74) is 0.657. The summed E-state index contributed by atoms with van der Waals surface area (Å²) >= 11 is 1.55. The average molecular weight is 265 g/mol. The Labute approximate surface area is 109 Å². The Kier molecular flexibility index (Phi) is 3.05. The Bertz CT molecular complexity index is 563. The van der Waals surface area contributed by atoms with E-state index in [2.05, 4.69) is 9.88 Å². The second kappa shape index (κ2) is 4.70. The molecule has 0 radical (unpaired) electrons. The molecule has 0 aromatic carbocycles. The Hall–Kier alpha value is -1.40. The Balaban J connectivity index is 1.90. The first kappa shape index (κ1) is 11.7. The molecule has 96 valence electrons. The third-order valence-electron chi connectivity index (χ3n) is 3.38. The molecule has 0 spiro atoms. The number of hydrogen-bond donors (Lipinski definition) is 0. The molecule has 3 heterocycles. The fourth-order valence-corrected chi connectivity index (χ4v) is 3.25. The molecule has 1 atom stereocenters. The molecule has 1 fully saturated rings. The zero-order valence-corrected chi connectivity index (χ0v) is 11.0. The third-order valence-corrected chi connectivity index (χ3v) is 4.14. The number of imidazole rings is 1. The van der Waals surface area contributed by atoms with Crippen molar-refractivity contribution >= 4 is 28.4 Å². The molecule has 0 N–H and O–H groups in total. The summed E-state index contributed by atoms with van der Waals surface area (Å²) in [5.74, 6) is 1.35. The van der Waals surface area contributed by atoms with Crippen LogP contribution in [0.15, 0.2) is 11.6 Å². The van der Waals surface area contributed by atoms with Gasteiger partial charge in [-0.15, -0.1) is 11.3 Å². The van der Waals surface area contributed by atoms with Crippen LogP contribution in [0, 0.1) is 5.92 Å². The summed E-state index contributed by atoms with van der Waals surface area (Å²) in [6.07, 6.45) is 3.88. The minimum Gasteiger partial charge on any atom is -0.384 e. The van der Waals surface area contributed by atoms with E-state index in [-0.39, 0.29) is 0 Å². The molecule has 5 nitrogen and oxygen atoms in total. The number of hydrogen-bond acceptors (Lipinski definition) is 5. The smallest absolute Gasteiger partial charge is 0.196 e. The largest absolute Gasteiger partial charge is 0.384 e. The van der Waals surface area contributed by atoms with E-state index in [9.17, 15) is 4.79 Å². The highest BCUT2D eigenvalue weighted by Crippen LogP contribution is 2.28. The number of ether oxygens (including phenoxy) is 1. The number of methoxy groups -OCH3 is 1. The highest BCUT2D eigenvalue weighted by Gasteiger charge is 2.27. The van der Waals surface area contributed by atoms with Crippen LogP contribution >= 0.6 is 11.3 Å². The summed E-state index contributed by atoms with van der Waals surface area (Å²) in [6, 6.07) is 0. The maximum atomic E-state index is 11.3. The van der Waals surface area contributed by atoms with Gasteiger partial charge >= 0.3 is 0 Å². The van der Waals surface area contributed by atoms with Crippen molar-refractivity contribution in [1.29, 1.82) is 0 Å². The maximum absolute atomic E-state index is 11.3. The molecule has 1 unspecified atom stereocenters. The Morgan fingerprint density at radius 2 is 2.56 bits per heavy atom. The number of rotatable bonds is 4. The van der Waals surface area contributed by atoms with Crippen LogP contribution in [-0.4, -0.2) is 42.5 Å². The molecule has 0 saturated carbocycles. The van der Waals surface area contributed by atoms with Gasteiger partial charge in [-0.25, -0.2) is 4.98 Å². The SMILES string of the molecule is COCC1CCN(c2nc3sccn3c2C=O)C1. The van der Waals surface area contributed by atoms with Gasteiger partial charge in [0.2, 0.25) is 0 Å². The normalized spacial score (nSPS) is 19.8. The minimum atomic E-state index is 0.536. The van der Waals surface area contributed by atoms with Crippen LogP contribution in [-0.2, 0) is 4.74 Å². The van der Waals surface area contributed by atoms with Crippen molar-refractivity contribution in [1.82, 2.24) is 9.38 Å². The van der Waals surface area contributed by atoms with E-state index in [0.29, 0.717) is 11.6 Å². The number of aldehydes is 1. The van der Waals surface area contributed by atoms with Crippen molar-refractivity contribution in [2.45, 2.75) is 6.42 Å². The number of carbonyl (C=O) groups excluding carboxylic acids is 1. The van der Waals surface area contributed by atoms with Crippen LogP contribution < -0.4 is 4.90 Å². The van der Waals surface area contributed by atoms with E-state index in [1.807, 2.05) is 16.0 Å². The molecule has 0 amide bonds. The van der Waals surface area contributed by atoms with Crippen molar-refractivity contribution in [3.05, 3.63) is 17.3 Å². The van der Waals surface area contributed by atoms with Crippen LogP contribution in [0.5, 0.6) is 0 Å². The predicted molar refractivity (Wildman–Crippen MR) is 70.7 cm³/mol. The van der Waals surface area contributed by atoms with Gasteiger partial charge in [0.05, 0.1) is 6.61 Å². The third kappa shape index (κ3) is 1.81. The first-order valence-corrected chi connectivity index (χ1v) is 6.86. The van der Waals surface area contributed by atoms with Crippen molar-refractivity contribution in [3.8, 4) is 0 Å². The standard InChI is InChI=1S/C12H15N3O2S/c1-17-8-9-2-3-14(6-9)11-10(7-16)15-4-5-18-12(15)13-11/h4-5,7,9H,2-3,6,8H2,1H3. The van der Waals surface area contributed by atoms with E-state index >= 15 is 0 Å². The van der Waals surface area contributed by atoms with Gasteiger partial charge in [0.25, 0.3) is 0 Å². The molecule has 1 aliphatic rings. The number of aromatic nitrogens is 2. The molecule has 1 saturated heterocycles. The quantitative estimate of drug-likeness (QED) is 0.789. The van der Waals surface area contributed by atoms with Crippen LogP contribution in [0.4, 0.5) is 5.82 Å². The molecular weight excluding hydrogens is 250 g/mol. The molecule has 2 aromatic rings. The van der Waals surface area contributed by atoms with Gasteiger partial charge < -0.3 is 9.64 Å². The summed E-state index contributed by atoms with van der Waals surface area (Å²) in [4.78, 5) is 18.9. The number of thiazole rings is 1. The van der Waals surface area contributed by atoms with E-state index in [1.165, 1.54) is 0 Å². The molecule has 0 aliphatic carbocycles. The van der Waals surface area contributed by atoms with Gasteiger partial charge in [-0.2, -0.15) is 0 Å². The lowest BCUT2D eigenvalue weighted by Crippen LogP contribution is -2.22. The summed E-state index contributed by atoms with van der Waals surface area (Å²) in [7, 11) is 1.73. The van der Waals surface area contributed by atoms with E-state index in [0.717, 1.165) is 43.2 Å². The first-order chi connectivity index (χ1) is 8.83. The van der Waals surface area contributed by atoms with Gasteiger partial charge in [0, 0.05) is 37.7 Å². The Morgan fingerprint density at radius 3 is 3.33 bits per heavy atom. The van der Waals surface area contributed by atoms with Gasteiger partial charge in [0.1, 0.15) is 5.69 Å². The van der Waals surface area contributed by atoms with Gasteiger partial charge in [-0.05, 0) is 6.42 Å². The van der Waals surface area contributed by atoms with E-state index in [4.69, 9.17) is 4.74 Å². The van der Waals surface area contributed by atoms with Gasteiger partial charge in [0.15, 0.2) is 17.1 Å². The highest BCUT2D eigenvalue weighted by molar-refractivity contribution is 7.15. The van der Waals surface area contributed by atoms with Crippen molar-refractivity contribution in [2.75, 3.05) is 31.7 Å². The molecule has 3 rings (SSSR count). The van der Waals surface area contributed by atoms with Gasteiger partial charge in [-0.1, -0.05) is 0 Å². The molecule has 0 bridgehead atoms. The van der Waals surface area contributed by atoms with Crippen LogP contribution in [0.25, 0.3) is 4.96 Å². The topological polar surface area (TPSA) is 46.8 Å². The average Bonchev–Trinajstić information content (AvgIpc) is 3.01. The lowest BCUT2D eigenvalue weighted by atomic mass is 10.1. The lowest BCUT2D eigenvalue weighted by Gasteiger charge is -2.16. The molecule has 6 heteroatoms. The lowest BCUT2D eigenvalue weighted by molar-refractivity contribution is 0.111. The molecular formula is C12H15N3O2S. The summed E-state index contributed by atoms with van der Waals surface area (Å²) in [5, 5.41) is 1.94. The van der Waals surface area contributed by atoms with Crippen molar-refractivity contribution < 1.29 is 9.53 Å². The minimum absolute atomic E-state index is 0.536. The number of nitrogens with zero attached hydrogens (tertiary/aromatic N) is 3. The maximum Gasteiger partial charge on any atom is 0.196 e. The second-order valence-corrected chi connectivity index (χ2v) is 5.42. The number of carbonyl (C=O) groups is 1. The zero-order valence-electron chi connectivity index (χ0n) is 10.2. The fraction of sp³-hybridized carbons (Fsp3) is 0.500. The highest BCUT2D eigenvalue weighted by atomic mass is 32.1. The van der Waals surface area contributed by atoms with Crippen molar-refractivity contribution in [2.24, 2.45) is 5.92 Å². The summed E-state index contributed by atoms with van der Waals surface area (Å²) < 4.78 is 7.05. The predicted octanol–water partition coefficient (Wildman–Crippen LogP) is 1.68. The molecule has 2 aromatic heterocycles. The fourth-order valence-electron chi connectivity index (χ4n) is 2.53. The Morgan fingerprint density at radius 1 is 1.67 bits per heavy atom. The van der Waals surface area contributed by atoms with Gasteiger partial charge in [-0.3, -0.25) is 9.20 Å².